The van der Waals surface area contributed by atoms with Crippen LogP contribution in [0.4, 0.5) is 0 Å². The van der Waals surface area contributed by atoms with E-state index in [1.54, 1.807) is 42.5 Å². The molecule has 0 fully saturated rings. The molecule has 0 amide bonds. The van der Waals surface area contributed by atoms with Crippen molar-refractivity contribution < 1.29 is 28.9 Å². The molecule has 0 saturated carbocycles. The zero-order chi connectivity index (χ0) is 24.6. The van der Waals surface area contributed by atoms with Gasteiger partial charge < -0.3 is 4.74 Å². The maximum atomic E-state index is 13.1. The summed E-state index contributed by atoms with van der Waals surface area (Å²) in [5.74, 6) is 4.09. The maximum Gasteiger partial charge on any atom is 0.386 e. The molecule has 0 aliphatic heterocycles. The molecule has 6 heteroatoms. The molecule has 0 aliphatic rings. The molecule has 180 valence electrons. The van der Waals surface area contributed by atoms with Gasteiger partial charge >= 0.3 is 11.9 Å². The zero-order valence-electron chi connectivity index (χ0n) is 19.9. The Hall–Kier alpha value is -3.43. The molecule has 0 aromatic heterocycles. The monoisotopic (exact) mass is 464 g/mol. The summed E-state index contributed by atoms with van der Waals surface area (Å²) in [5.41, 5.74) is 0.675. The molecule has 1 atom stereocenters. The number of ether oxygens (including phenoxy) is 1. The number of carbonyl (C=O) groups excluding carboxylic acids is 3. The molecule has 2 aromatic rings. The molecule has 1 unspecified atom stereocenters. The first-order valence-corrected chi connectivity index (χ1v) is 11.8. The van der Waals surface area contributed by atoms with Crippen LogP contribution in [0.15, 0.2) is 54.6 Å². The SMILES string of the molecule is CCCC#CCOC(CCCCCC)C(=O)c1cccc(C(=O)OOC(=O)c2ccccc2)c1. The maximum absolute atomic E-state index is 13.1. The zero-order valence-corrected chi connectivity index (χ0v) is 19.9. The second-order valence-electron chi connectivity index (χ2n) is 7.81. The molecular weight excluding hydrogens is 432 g/mol. The van der Waals surface area contributed by atoms with E-state index in [9.17, 15) is 14.4 Å². The standard InChI is InChI=1S/C28H32O6/c1-3-5-7-12-19-25(32-20-13-8-6-4-2)26(29)23-17-14-18-24(21-23)28(31)34-33-27(30)22-15-10-9-11-16-22/h9-11,14-18,21,25H,3-7,12,19-20H2,1-2H3. The van der Waals surface area contributed by atoms with Gasteiger partial charge in [0.1, 0.15) is 12.7 Å². The predicted octanol–water partition coefficient (Wildman–Crippen LogP) is 5.96. The van der Waals surface area contributed by atoms with Gasteiger partial charge in [0.15, 0.2) is 5.78 Å². The lowest BCUT2D eigenvalue weighted by molar-refractivity contribution is -0.187. The van der Waals surface area contributed by atoms with Gasteiger partial charge in [0, 0.05) is 12.0 Å². The molecule has 6 nitrogen and oxygen atoms in total. The highest BCUT2D eigenvalue weighted by Gasteiger charge is 2.22. The van der Waals surface area contributed by atoms with Crippen molar-refractivity contribution in [2.24, 2.45) is 0 Å². The average molecular weight is 465 g/mol. The van der Waals surface area contributed by atoms with Gasteiger partial charge in [-0.15, -0.1) is 5.92 Å². The Bertz CT molecular complexity index is 987. The van der Waals surface area contributed by atoms with Crippen molar-refractivity contribution in [2.45, 2.75) is 64.9 Å². The minimum atomic E-state index is -0.871. The second kappa shape index (κ2) is 15.4. The molecular formula is C28H32O6. The van der Waals surface area contributed by atoms with Crippen LogP contribution >= 0.6 is 0 Å². The van der Waals surface area contributed by atoms with E-state index >= 15 is 0 Å². The molecule has 0 bridgehead atoms. The van der Waals surface area contributed by atoms with Gasteiger partial charge in [0.25, 0.3) is 0 Å². The van der Waals surface area contributed by atoms with Crippen LogP contribution in [0.1, 0.15) is 89.9 Å². The highest BCUT2D eigenvalue weighted by atomic mass is 17.2. The van der Waals surface area contributed by atoms with Crippen LogP contribution in [0.25, 0.3) is 0 Å². The Morgan fingerprint density at radius 2 is 1.44 bits per heavy atom. The van der Waals surface area contributed by atoms with Crippen molar-refractivity contribution in [3.05, 3.63) is 71.3 Å². The van der Waals surface area contributed by atoms with Gasteiger partial charge in [0.2, 0.25) is 0 Å². The van der Waals surface area contributed by atoms with Crippen molar-refractivity contribution in [2.75, 3.05) is 6.61 Å². The van der Waals surface area contributed by atoms with E-state index in [1.807, 2.05) is 0 Å². The number of rotatable bonds is 12. The van der Waals surface area contributed by atoms with Crippen LogP contribution < -0.4 is 0 Å². The number of Topliss-reactive ketones (excluding diaryl/α,β-unsaturated/α-hetero) is 1. The number of benzene rings is 2. The number of carbonyl (C=O) groups is 3. The Morgan fingerprint density at radius 3 is 2.15 bits per heavy atom. The van der Waals surface area contributed by atoms with Crippen molar-refractivity contribution in [3.63, 3.8) is 0 Å². The number of hydrogen-bond acceptors (Lipinski definition) is 6. The fourth-order valence-corrected chi connectivity index (χ4v) is 3.18. The second-order valence-corrected chi connectivity index (χ2v) is 7.81. The van der Waals surface area contributed by atoms with E-state index in [1.165, 1.54) is 12.1 Å². The van der Waals surface area contributed by atoms with Gasteiger partial charge in [-0.05, 0) is 37.1 Å². The molecule has 0 heterocycles. The van der Waals surface area contributed by atoms with Crippen molar-refractivity contribution in [1.29, 1.82) is 0 Å². The lowest BCUT2D eigenvalue weighted by atomic mass is 9.99. The topological polar surface area (TPSA) is 78.9 Å². The summed E-state index contributed by atoms with van der Waals surface area (Å²) < 4.78 is 5.80. The summed E-state index contributed by atoms with van der Waals surface area (Å²) in [6, 6.07) is 14.3. The third-order valence-corrected chi connectivity index (χ3v) is 5.05. The van der Waals surface area contributed by atoms with Crippen LogP contribution in [0.5, 0.6) is 0 Å². The van der Waals surface area contributed by atoms with E-state index in [0.717, 1.165) is 38.5 Å². The van der Waals surface area contributed by atoms with Crippen LogP contribution in [0.3, 0.4) is 0 Å². The van der Waals surface area contributed by atoms with Crippen molar-refractivity contribution in [1.82, 2.24) is 0 Å². The van der Waals surface area contributed by atoms with Gasteiger partial charge in [0.05, 0.1) is 11.1 Å². The number of ketones is 1. The van der Waals surface area contributed by atoms with Gasteiger partial charge in [-0.1, -0.05) is 75.8 Å². The normalized spacial score (nSPS) is 11.1. The lowest BCUT2D eigenvalue weighted by Crippen LogP contribution is -2.25. The number of unbranched alkanes of at least 4 members (excludes halogenated alkanes) is 4. The summed E-state index contributed by atoms with van der Waals surface area (Å²) >= 11 is 0. The molecule has 34 heavy (non-hydrogen) atoms. The minimum Gasteiger partial charge on any atom is -0.357 e. The third-order valence-electron chi connectivity index (χ3n) is 5.05. The average Bonchev–Trinajstić information content (AvgIpc) is 2.88. The van der Waals surface area contributed by atoms with Crippen LogP contribution in [0.2, 0.25) is 0 Å². The first kappa shape index (κ1) is 26.8. The highest BCUT2D eigenvalue weighted by Crippen LogP contribution is 2.16. The highest BCUT2D eigenvalue weighted by molar-refractivity contribution is 6.01. The quantitative estimate of drug-likeness (QED) is 0.127. The minimum absolute atomic E-state index is 0.0965. The first-order valence-electron chi connectivity index (χ1n) is 11.8. The van der Waals surface area contributed by atoms with E-state index in [0.29, 0.717) is 12.0 Å². The van der Waals surface area contributed by atoms with E-state index in [2.05, 4.69) is 35.5 Å². The summed E-state index contributed by atoms with van der Waals surface area (Å²) in [4.78, 5) is 46.8. The smallest absolute Gasteiger partial charge is 0.357 e. The summed E-state index contributed by atoms with van der Waals surface area (Å²) in [6.07, 6.45) is 5.77. The molecule has 0 saturated heterocycles. The Kier molecular flexibility index (Phi) is 12.2. The summed E-state index contributed by atoms with van der Waals surface area (Å²) in [7, 11) is 0. The van der Waals surface area contributed by atoms with Gasteiger partial charge in [-0.3, -0.25) is 4.79 Å². The van der Waals surface area contributed by atoms with E-state index < -0.39 is 18.0 Å². The summed E-state index contributed by atoms with van der Waals surface area (Å²) in [6.45, 7) is 4.36. The molecule has 0 spiro atoms. The van der Waals surface area contributed by atoms with Crippen LogP contribution in [0, 0.1) is 11.8 Å². The first-order chi connectivity index (χ1) is 16.6. The van der Waals surface area contributed by atoms with Gasteiger partial charge in [-0.2, -0.15) is 0 Å². The van der Waals surface area contributed by atoms with Crippen LogP contribution in [-0.2, 0) is 14.5 Å². The van der Waals surface area contributed by atoms with Gasteiger partial charge in [-0.25, -0.2) is 19.4 Å². The molecule has 0 N–H and O–H groups in total. The number of hydrogen-bond donors (Lipinski definition) is 0. The molecule has 0 radical (unpaired) electrons. The lowest BCUT2D eigenvalue weighted by Gasteiger charge is -2.16. The molecule has 2 rings (SSSR count). The Labute approximate surface area is 201 Å². The third kappa shape index (κ3) is 9.21. The molecule has 2 aromatic carbocycles. The Morgan fingerprint density at radius 1 is 0.765 bits per heavy atom. The predicted molar refractivity (Wildman–Crippen MR) is 129 cm³/mol. The van der Waals surface area contributed by atoms with E-state index in [-0.39, 0.29) is 23.5 Å². The van der Waals surface area contributed by atoms with Crippen LogP contribution in [-0.4, -0.2) is 30.4 Å². The largest absolute Gasteiger partial charge is 0.386 e. The van der Waals surface area contributed by atoms with E-state index in [4.69, 9.17) is 4.74 Å². The fourth-order valence-electron chi connectivity index (χ4n) is 3.18. The summed E-state index contributed by atoms with van der Waals surface area (Å²) in [5, 5.41) is 0. The van der Waals surface area contributed by atoms with Crippen molar-refractivity contribution >= 4 is 17.7 Å². The Balaban J connectivity index is 2.03. The fraction of sp³-hybridized carbons (Fsp3) is 0.393. The molecule has 0 aliphatic carbocycles. The van der Waals surface area contributed by atoms with Crippen molar-refractivity contribution in [3.8, 4) is 11.8 Å².